The highest BCUT2D eigenvalue weighted by Crippen LogP contribution is 2.29. The lowest BCUT2D eigenvalue weighted by molar-refractivity contribution is 0.415. The lowest BCUT2D eigenvalue weighted by Crippen LogP contribution is -1.83. The van der Waals surface area contributed by atoms with Crippen LogP contribution in [0.15, 0.2) is 70.5 Å². The van der Waals surface area contributed by atoms with Crippen LogP contribution in [-0.4, -0.2) is 17.3 Å². The first-order valence-corrected chi connectivity index (χ1v) is 8.34. The normalized spacial score (nSPS) is 10.7. The van der Waals surface area contributed by atoms with E-state index in [1.54, 1.807) is 18.4 Å². The number of methoxy groups -OCH3 is 1. The molecule has 2 heterocycles. The molecule has 2 aromatic heterocycles. The molecule has 0 radical (unpaired) electrons. The molecule has 0 aliphatic heterocycles. The van der Waals surface area contributed by atoms with Crippen molar-refractivity contribution in [1.82, 2.24) is 10.2 Å². The van der Waals surface area contributed by atoms with Crippen LogP contribution in [0.3, 0.4) is 0 Å². The van der Waals surface area contributed by atoms with E-state index in [0.29, 0.717) is 11.8 Å². The Morgan fingerprint density at radius 3 is 2.04 bits per heavy atom. The third-order valence-corrected chi connectivity index (χ3v) is 4.57. The molecular formula is C19H14N2O2S. The van der Waals surface area contributed by atoms with E-state index in [1.807, 2.05) is 66.0 Å². The zero-order valence-corrected chi connectivity index (χ0v) is 13.8. The molecule has 0 saturated heterocycles. The van der Waals surface area contributed by atoms with Crippen molar-refractivity contribution in [3.8, 4) is 39.1 Å². The number of aromatic nitrogens is 2. The average molecular weight is 334 g/mol. The van der Waals surface area contributed by atoms with Gasteiger partial charge in [-0.25, -0.2) is 0 Å². The predicted molar refractivity (Wildman–Crippen MR) is 95.0 cm³/mol. The van der Waals surface area contributed by atoms with Gasteiger partial charge in [0.15, 0.2) is 0 Å². The molecule has 0 fully saturated rings. The van der Waals surface area contributed by atoms with Crippen LogP contribution in [0.4, 0.5) is 0 Å². The molecule has 24 heavy (non-hydrogen) atoms. The Hall–Kier alpha value is -2.92. The Morgan fingerprint density at radius 2 is 1.42 bits per heavy atom. The third kappa shape index (κ3) is 2.81. The van der Waals surface area contributed by atoms with Gasteiger partial charge in [0.05, 0.1) is 12.0 Å². The number of nitrogens with zero attached hydrogens (tertiary/aromatic N) is 2. The number of benzene rings is 2. The molecule has 0 N–H and O–H groups in total. The van der Waals surface area contributed by atoms with E-state index in [4.69, 9.17) is 9.15 Å². The summed E-state index contributed by atoms with van der Waals surface area (Å²) in [6, 6.07) is 20.0. The van der Waals surface area contributed by atoms with Crippen LogP contribution in [-0.2, 0) is 0 Å². The van der Waals surface area contributed by atoms with Crippen molar-refractivity contribution in [3.05, 3.63) is 66.0 Å². The summed E-state index contributed by atoms with van der Waals surface area (Å²) in [6.45, 7) is 0. The molecular weight excluding hydrogens is 320 g/mol. The van der Waals surface area contributed by atoms with Crippen LogP contribution in [0.25, 0.3) is 33.3 Å². The molecule has 4 aromatic rings. The van der Waals surface area contributed by atoms with Crippen LogP contribution >= 0.6 is 11.3 Å². The first kappa shape index (κ1) is 14.7. The second-order valence-corrected chi connectivity index (χ2v) is 6.14. The molecule has 118 valence electrons. The topological polar surface area (TPSA) is 48.2 Å². The molecule has 4 rings (SSSR count). The van der Waals surface area contributed by atoms with Crippen LogP contribution in [0.2, 0.25) is 0 Å². The van der Waals surface area contributed by atoms with Crippen molar-refractivity contribution in [1.29, 1.82) is 0 Å². The zero-order valence-electron chi connectivity index (χ0n) is 13.0. The monoisotopic (exact) mass is 334 g/mol. The Labute approximate surface area is 143 Å². The van der Waals surface area contributed by atoms with Gasteiger partial charge >= 0.3 is 0 Å². The smallest absolute Gasteiger partial charge is 0.258 e. The number of hydrogen-bond donors (Lipinski definition) is 0. The largest absolute Gasteiger partial charge is 0.497 e. The first-order valence-electron chi connectivity index (χ1n) is 7.46. The minimum absolute atomic E-state index is 0.527. The average Bonchev–Trinajstić information content (AvgIpc) is 3.33. The lowest BCUT2D eigenvalue weighted by Gasteiger charge is -2.04. The molecule has 0 bridgehead atoms. The van der Waals surface area contributed by atoms with Crippen LogP contribution < -0.4 is 4.74 Å². The van der Waals surface area contributed by atoms with Gasteiger partial charge in [-0.3, -0.25) is 0 Å². The van der Waals surface area contributed by atoms with E-state index in [0.717, 1.165) is 27.3 Å². The molecule has 0 aliphatic rings. The van der Waals surface area contributed by atoms with Gasteiger partial charge in [0.2, 0.25) is 5.89 Å². The summed E-state index contributed by atoms with van der Waals surface area (Å²) in [5.41, 5.74) is 3.16. The van der Waals surface area contributed by atoms with E-state index >= 15 is 0 Å². The van der Waals surface area contributed by atoms with Crippen molar-refractivity contribution in [3.63, 3.8) is 0 Å². The molecule has 0 amide bonds. The number of thiophene rings is 1. The highest BCUT2D eigenvalue weighted by atomic mass is 32.1. The predicted octanol–water partition coefficient (Wildman–Crippen LogP) is 5.14. The molecule has 0 aliphatic carbocycles. The van der Waals surface area contributed by atoms with Crippen LogP contribution in [0, 0.1) is 0 Å². The molecule has 5 heteroatoms. The molecule has 2 aromatic carbocycles. The first-order chi connectivity index (χ1) is 11.8. The van der Waals surface area contributed by atoms with E-state index in [-0.39, 0.29) is 0 Å². The number of ether oxygens (including phenoxy) is 1. The number of rotatable bonds is 4. The van der Waals surface area contributed by atoms with Crippen molar-refractivity contribution >= 4 is 11.3 Å². The highest BCUT2D eigenvalue weighted by molar-refractivity contribution is 7.13. The summed E-state index contributed by atoms with van der Waals surface area (Å²) >= 11 is 1.58. The Bertz CT molecular complexity index is 926. The Balaban J connectivity index is 1.59. The molecule has 0 saturated carbocycles. The number of hydrogen-bond acceptors (Lipinski definition) is 5. The fraction of sp³-hybridized carbons (Fsp3) is 0.0526. The fourth-order valence-electron chi connectivity index (χ4n) is 2.43. The van der Waals surface area contributed by atoms with Gasteiger partial charge in [-0.15, -0.1) is 21.5 Å². The van der Waals surface area contributed by atoms with Gasteiger partial charge < -0.3 is 9.15 Å². The molecule has 0 unspecified atom stereocenters. The van der Waals surface area contributed by atoms with Gasteiger partial charge in [0.1, 0.15) is 5.75 Å². The van der Waals surface area contributed by atoms with Gasteiger partial charge in [-0.2, -0.15) is 0 Å². The minimum Gasteiger partial charge on any atom is -0.497 e. The highest BCUT2D eigenvalue weighted by Gasteiger charge is 2.11. The maximum atomic E-state index is 5.76. The second-order valence-electron chi connectivity index (χ2n) is 5.20. The quantitative estimate of drug-likeness (QED) is 0.518. The Morgan fingerprint density at radius 1 is 0.792 bits per heavy atom. The maximum absolute atomic E-state index is 5.76. The molecule has 0 spiro atoms. The standard InChI is InChI=1S/C19H14N2O2S/c1-22-16-10-8-14(9-11-16)13-4-6-15(7-5-13)18-20-21-19(23-18)17-3-2-12-24-17/h2-12H,1H3. The Kier molecular flexibility index (Phi) is 3.84. The van der Waals surface area contributed by atoms with Crippen molar-refractivity contribution in [2.75, 3.05) is 7.11 Å². The second kappa shape index (κ2) is 6.29. The summed E-state index contributed by atoms with van der Waals surface area (Å²) in [4.78, 5) is 0.976. The van der Waals surface area contributed by atoms with Crippen LogP contribution in [0.5, 0.6) is 5.75 Å². The zero-order chi connectivity index (χ0) is 16.4. The summed E-state index contributed by atoms with van der Waals surface area (Å²) in [6.07, 6.45) is 0. The SMILES string of the molecule is COc1ccc(-c2ccc(-c3nnc(-c4cccs4)o3)cc2)cc1. The van der Waals surface area contributed by atoms with Gasteiger partial charge in [0.25, 0.3) is 5.89 Å². The molecule has 4 nitrogen and oxygen atoms in total. The van der Waals surface area contributed by atoms with Gasteiger partial charge in [-0.05, 0) is 46.8 Å². The summed E-state index contributed by atoms with van der Waals surface area (Å²) in [5.74, 6) is 1.93. The van der Waals surface area contributed by atoms with Crippen molar-refractivity contribution in [2.45, 2.75) is 0 Å². The van der Waals surface area contributed by atoms with E-state index < -0.39 is 0 Å². The summed E-state index contributed by atoms with van der Waals surface area (Å²) in [5, 5.41) is 10.2. The lowest BCUT2D eigenvalue weighted by atomic mass is 10.0. The van der Waals surface area contributed by atoms with E-state index in [9.17, 15) is 0 Å². The van der Waals surface area contributed by atoms with Crippen LogP contribution in [0.1, 0.15) is 0 Å². The van der Waals surface area contributed by atoms with E-state index in [1.165, 1.54) is 0 Å². The molecule has 0 atom stereocenters. The van der Waals surface area contributed by atoms with Gasteiger partial charge in [0, 0.05) is 5.56 Å². The van der Waals surface area contributed by atoms with Crippen molar-refractivity contribution < 1.29 is 9.15 Å². The van der Waals surface area contributed by atoms with Gasteiger partial charge in [-0.1, -0.05) is 30.3 Å². The maximum Gasteiger partial charge on any atom is 0.258 e. The fourth-order valence-corrected chi connectivity index (χ4v) is 3.07. The third-order valence-electron chi connectivity index (χ3n) is 3.71. The summed E-state index contributed by atoms with van der Waals surface area (Å²) < 4.78 is 10.9. The minimum atomic E-state index is 0.527. The van der Waals surface area contributed by atoms with E-state index in [2.05, 4.69) is 10.2 Å². The van der Waals surface area contributed by atoms with Crippen molar-refractivity contribution in [2.24, 2.45) is 0 Å². The summed E-state index contributed by atoms with van der Waals surface area (Å²) in [7, 11) is 1.67.